The molecule has 0 aliphatic heterocycles. The minimum Gasteiger partial charge on any atom is -0.491 e. The lowest BCUT2D eigenvalue weighted by molar-refractivity contribution is -0.143. The number of hydrogen-bond donors (Lipinski definition) is 1. The van der Waals surface area contributed by atoms with E-state index in [1.165, 1.54) is 0 Å². The van der Waals surface area contributed by atoms with Gasteiger partial charge in [-0.15, -0.1) is 0 Å². The van der Waals surface area contributed by atoms with Crippen LogP contribution in [-0.4, -0.2) is 24.2 Å². The van der Waals surface area contributed by atoms with Gasteiger partial charge in [-0.1, -0.05) is 39.5 Å². The standard InChI is InChI=1S/C22H32N2O3/c1-4-14-26-22(12-8-6-7-9-13-22)21(25)24-20-11-10-19(15-18(20)16-23)27-17(3)5-2/h10-11,15,17H,4-9,12-14H2,1-3H3,(H,24,25)/t17-/m0/s1. The van der Waals surface area contributed by atoms with Gasteiger partial charge < -0.3 is 14.8 Å². The second-order valence-electron chi connectivity index (χ2n) is 7.37. The first-order chi connectivity index (χ1) is 13.0. The highest BCUT2D eigenvalue weighted by Crippen LogP contribution is 2.33. The second-order valence-corrected chi connectivity index (χ2v) is 7.37. The van der Waals surface area contributed by atoms with Crippen LogP contribution in [-0.2, 0) is 9.53 Å². The van der Waals surface area contributed by atoms with Gasteiger partial charge in [0, 0.05) is 12.7 Å². The van der Waals surface area contributed by atoms with Gasteiger partial charge in [0.15, 0.2) is 0 Å². The first-order valence-electron chi connectivity index (χ1n) is 10.2. The van der Waals surface area contributed by atoms with Gasteiger partial charge in [0.2, 0.25) is 0 Å². The number of nitrogens with one attached hydrogen (secondary N) is 1. The quantitative estimate of drug-likeness (QED) is 0.637. The van der Waals surface area contributed by atoms with E-state index in [1.54, 1.807) is 18.2 Å². The van der Waals surface area contributed by atoms with Gasteiger partial charge in [0.05, 0.1) is 17.4 Å². The number of ether oxygens (including phenoxy) is 2. The van der Waals surface area contributed by atoms with E-state index in [0.29, 0.717) is 23.6 Å². The molecule has 2 rings (SSSR count). The number of carbonyl (C=O) groups is 1. The third-order valence-electron chi connectivity index (χ3n) is 5.18. The van der Waals surface area contributed by atoms with Gasteiger partial charge in [-0.3, -0.25) is 4.79 Å². The molecular formula is C22H32N2O3. The van der Waals surface area contributed by atoms with Crippen molar-refractivity contribution in [2.75, 3.05) is 11.9 Å². The van der Waals surface area contributed by atoms with Crippen LogP contribution in [0.25, 0.3) is 0 Å². The summed E-state index contributed by atoms with van der Waals surface area (Å²) >= 11 is 0. The summed E-state index contributed by atoms with van der Waals surface area (Å²) in [6.45, 7) is 6.65. The molecule has 1 aromatic rings. The second kappa shape index (κ2) is 10.3. The summed E-state index contributed by atoms with van der Waals surface area (Å²) in [5.41, 5.74) is 0.136. The van der Waals surface area contributed by atoms with E-state index >= 15 is 0 Å². The zero-order valence-corrected chi connectivity index (χ0v) is 16.8. The summed E-state index contributed by atoms with van der Waals surface area (Å²) in [6.07, 6.45) is 7.55. The van der Waals surface area contributed by atoms with Crippen LogP contribution in [0.5, 0.6) is 5.75 Å². The van der Waals surface area contributed by atoms with Crippen LogP contribution < -0.4 is 10.1 Å². The largest absolute Gasteiger partial charge is 0.491 e. The number of carbonyl (C=O) groups excluding carboxylic acids is 1. The average Bonchev–Trinajstić information content (AvgIpc) is 2.94. The molecule has 0 radical (unpaired) electrons. The highest BCUT2D eigenvalue weighted by Gasteiger charge is 2.39. The molecule has 1 fully saturated rings. The molecular weight excluding hydrogens is 340 g/mol. The molecule has 1 aromatic carbocycles. The predicted octanol–water partition coefficient (Wildman–Crippen LogP) is 5.19. The third-order valence-corrected chi connectivity index (χ3v) is 5.18. The zero-order valence-electron chi connectivity index (χ0n) is 16.8. The van der Waals surface area contributed by atoms with Crippen LogP contribution in [0.4, 0.5) is 5.69 Å². The fourth-order valence-corrected chi connectivity index (χ4v) is 3.38. The van der Waals surface area contributed by atoms with Gasteiger partial charge in [-0.2, -0.15) is 5.26 Å². The van der Waals surface area contributed by atoms with Crippen molar-refractivity contribution in [2.45, 2.75) is 83.8 Å². The summed E-state index contributed by atoms with van der Waals surface area (Å²) < 4.78 is 11.9. The maximum atomic E-state index is 13.1. The Labute approximate surface area is 163 Å². The summed E-state index contributed by atoms with van der Waals surface area (Å²) in [7, 11) is 0. The zero-order chi connectivity index (χ0) is 19.7. The maximum absolute atomic E-state index is 13.1. The Balaban J connectivity index is 2.19. The van der Waals surface area contributed by atoms with Crippen LogP contribution in [0.3, 0.4) is 0 Å². The fourth-order valence-electron chi connectivity index (χ4n) is 3.38. The van der Waals surface area contributed by atoms with Crippen LogP contribution in [0, 0.1) is 11.3 Å². The lowest BCUT2D eigenvalue weighted by atomic mass is 9.92. The van der Waals surface area contributed by atoms with Gasteiger partial charge >= 0.3 is 0 Å². The molecule has 1 aliphatic rings. The monoisotopic (exact) mass is 372 g/mol. The normalized spacial score (nSPS) is 17.4. The van der Waals surface area contributed by atoms with E-state index < -0.39 is 5.60 Å². The fraction of sp³-hybridized carbons (Fsp3) is 0.636. The van der Waals surface area contributed by atoms with Gasteiger partial charge in [0.1, 0.15) is 17.4 Å². The molecule has 27 heavy (non-hydrogen) atoms. The van der Waals surface area contributed by atoms with E-state index in [0.717, 1.165) is 51.4 Å². The predicted molar refractivity (Wildman–Crippen MR) is 107 cm³/mol. The van der Waals surface area contributed by atoms with Gasteiger partial charge in [0.25, 0.3) is 5.91 Å². The molecule has 0 aromatic heterocycles. The average molecular weight is 373 g/mol. The lowest BCUT2D eigenvalue weighted by Gasteiger charge is -2.31. The summed E-state index contributed by atoms with van der Waals surface area (Å²) in [5.74, 6) is 0.509. The van der Waals surface area contributed by atoms with E-state index in [9.17, 15) is 10.1 Å². The Morgan fingerprint density at radius 2 is 1.96 bits per heavy atom. The minimum absolute atomic E-state index is 0.0775. The number of nitrogens with zero attached hydrogens (tertiary/aromatic N) is 1. The van der Waals surface area contributed by atoms with Crippen molar-refractivity contribution < 1.29 is 14.3 Å². The number of nitriles is 1. The van der Waals surface area contributed by atoms with Crippen LogP contribution >= 0.6 is 0 Å². The van der Waals surface area contributed by atoms with E-state index in [4.69, 9.17) is 9.47 Å². The lowest BCUT2D eigenvalue weighted by Crippen LogP contribution is -2.45. The van der Waals surface area contributed by atoms with Crippen molar-refractivity contribution in [3.05, 3.63) is 23.8 Å². The molecule has 0 heterocycles. The van der Waals surface area contributed by atoms with Gasteiger partial charge in [-0.25, -0.2) is 0 Å². The van der Waals surface area contributed by atoms with Crippen LogP contribution in [0.15, 0.2) is 18.2 Å². The first-order valence-corrected chi connectivity index (χ1v) is 10.2. The molecule has 5 nitrogen and oxygen atoms in total. The Kier molecular flexibility index (Phi) is 8.12. The molecule has 0 spiro atoms. The Bertz CT molecular complexity index is 658. The number of rotatable bonds is 8. The van der Waals surface area contributed by atoms with Crippen LogP contribution in [0.1, 0.15) is 77.7 Å². The summed E-state index contributed by atoms with van der Waals surface area (Å²) in [4.78, 5) is 13.1. The molecule has 0 bridgehead atoms. The number of amides is 1. The van der Waals surface area contributed by atoms with Gasteiger partial charge in [-0.05, 0) is 44.7 Å². The van der Waals surface area contributed by atoms with Crippen LogP contribution in [0.2, 0.25) is 0 Å². The van der Waals surface area contributed by atoms with Crippen molar-refractivity contribution >= 4 is 11.6 Å². The number of benzene rings is 1. The molecule has 1 saturated carbocycles. The SMILES string of the molecule is CCCOC1(C(=O)Nc2ccc(O[C@@H](C)CC)cc2C#N)CCCCCC1. The molecule has 1 N–H and O–H groups in total. The summed E-state index contributed by atoms with van der Waals surface area (Å²) in [5, 5.41) is 12.5. The molecule has 0 saturated heterocycles. The third kappa shape index (κ3) is 5.71. The van der Waals surface area contributed by atoms with Crippen molar-refractivity contribution in [3.8, 4) is 11.8 Å². The molecule has 148 valence electrons. The topological polar surface area (TPSA) is 71.3 Å². The van der Waals surface area contributed by atoms with E-state index in [1.807, 2.05) is 20.8 Å². The molecule has 1 amide bonds. The van der Waals surface area contributed by atoms with Crippen molar-refractivity contribution in [3.63, 3.8) is 0 Å². The summed E-state index contributed by atoms with van der Waals surface area (Å²) in [6, 6.07) is 7.41. The Morgan fingerprint density at radius 3 is 2.56 bits per heavy atom. The molecule has 5 heteroatoms. The minimum atomic E-state index is -0.787. The van der Waals surface area contributed by atoms with Crippen molar-refractivity contribution in [2.24, 2.45) is 0 Å². The highest BCUT2D eigenvalue weighted by molar-refractivity contribution is 5.98. The van der Waals surface area contributed by atoms with Crippen molar-refractivity contribution in [1.82, 2.24) is 0 Å². The Morgan fingerprint density at radius 1 is 1.26 bits per heavy atom. The van der Waals surface area contributed by atoms with E-state index in [-0.39, 0.29) is 12.0 Å². The number of anilines is 1. The smallest absolute Gasteiger partial charge is 0.256 e. The van der Waals surface area contributed by atoms with E-state index in [2.05, 4.69) is 11.4 Å². The highest BCUT2D eigenvalue weighted by atomic mass is 16.5. The Hall–Kier alpha value is -2.06. The molecule has 1 atom stereocenters. The van der Waals surface area contributed by atoms with Crippen molar-refractivity contribution in [1.29, 1.82) is 5.26 Å². The first kappa shape index (κ1) is 21.2. The maximum Gasteiger partial charge on any atom is 0.256 e. The molecule has 0 unspecified atom stereocenters. The number of hydrogen-bond acceptors (Lipinski definition) is 4. The molecule has 1 aliphatic carbocycles.